The molecule has 3 N–H and O–H groups in total. The number of anilines is 2. The van der Waals surface area contributed by atoms with Gasteiger partial charge in [0.1, 0.15) is 29.4 Å². The normalized spacial score (nSPS) is 12.7. The quantitative estimate of drug-likeness (QED) is 0.0762. The van der Waals surface area contributed by atoms with Crippen LogP contribution in [0, 0.1) is 5.82 Å². The maximum absolute atomic E-state index is 15.2. The fourth-order valence-electron chi connectivity index (χ4n) is 5.99. The van der Waals surface area contributed by atoms with Crippen LogP contribution in [-0.4, -0.2) is 84.4 Å². The summed E-state index contributed by atoms with van der Waals surface area (Å²) < 4.78 is 123. The van der Waals surface area contributed by atoms with Crippen LogP contribution in [0.3, 0.4) is 0 Å². The first kappa shape index (κ1) is 49.5. The molecule has 63 heavy (non-hydrogen) atoms. The molecule has 342 valence electrons. The number of hydrazine groups is 1. The lowest BCUT2D eigenvalue weighted by molar-refractivity contribution is -0.139. The van der Waals surface area contributed by atoms with Crippen molar-refractivity contribution in [1.82, 2.24) is 15.3 Å². The predicted molar refractivity (Wildman–Crippen MR) is 216 cm³/mol. The highest BCUT2D eigenvalue weighted by Gasteiger charge is 2.48. The molecule has 0 saturated carbocycles. The fourth-order valence-corrected chi connectivity index (χ4v) is 6.96. The molecule has 3 amide bonds. The molecule has 0 radical (unpaired) electrons. The molecule has 22 heteroatoms. The number of sulfone groups is 1. The molecular weight excluding hydrogens is 869 g/mol. The summed E-state index contributed by atoms with van der Waals surface area (Å²) in [6, 6.07) is 7.76. The van der Waals surface area contributed by atoms with Crippen molar-refractivity contribution in [2.45, 2.75) is 95.0 Å². The molecule has 4 rings (SSSR count). The van der Waals surface area contributed by atoms with Gasteiger partial charge in [-0.2, -0.15) is 13.2 Å². The van der Waals surface area contributed by atoms with Gasteiger partial charge in [-0.05, 0) is 114 Å². The van der Waals surface area contributed by atoms with Crippen LogP contribution in [0.15, 0.2) is 71.9 Å². The standard InChI is InChI=1S/C41H45F6N5O10S/c1-39(2,3)61-37(56)52(38(57)62-40(4,5)6)51(28-12-8-25-20-49-21-30(42)29(25)18-28)35(36(54)55)24-9-13-31(60-22-33(43)44)23(16-24)10-15-34(53)50-27-11-14-32(26(17-27)19-48-7)63(58,59)41(45,46)47/h8-9,11-14,16-18,20-21,33,35,48H,10,15,19,22H2,1-7H3,(H,50,53)(H,54,55). The Morgan fingerprint density at radius 1 is 0.857 bits per heavy atom. The van der Waals surface area contributed by atoms with Crippen LogP contribution in [-0.2, 0) is 41.9 Å². The zero-order valence-corrected chi connectivity index (χ0v) is 35.8. The van der Waals surface area contributed by atoms with Gasteiger partial charge < -0.3 is 30.0 Å². The summed E-state index contributed by atoms with van der Waals surface area (Å²) in [6.45, 7) is 7.40. The second kappa shape index (κ2) is 19.5. The zero-order valence-electron chi connectivity index (χ0n) is 35.0. The number of amides is 3. The number of carboxylic acids is 1. The molecule has 0 bridgehead atoms. The number of carbonyl (C=O) groups is 4. The van der Waals surface area contributed by atoms with E-state index in [0.29, 0.717) is 11.1 Å². The number of fused-ring (bicyclic) bond motifs is 1. The number of rotatable bonds is 15. The lowest BCUT2D eigenvalue weighted by Crippen LogP contribution is -2.56. The van der Waals surface area contributed by atoms with Gasteiger partial charge in [0.25, 0.3) is 16.3 Å². The van der Waals surface area contributed by atoms with Gasteiger partial charge in [0, 0.05) is 35.6 Å². The van der Waals surface area contributed by atoms with Crippen LogP contribution in [0.25, 0.3) is 10.8 Å². The van der Waals surface area contributed by atoms with Gasteiger partial charge in [-0.25, -0.2) is 36.0 Å². The minimum atomic E-state index is -5.76. The summed E-state index contributed by atoms with van der Waals surface area (Å²) in [6.07, 6.45) is -4.43. The van der Waals surface area contributed by atoms with Crippen molar-refractivity contribution >= 4 is 56.0 Å². The molecule has 1 aromatic heterocycles. The molecule has 1 atom stereocenters. The SMILES string of the molecule is CNCc1cc(NC(=O)CCc2cc(C(C(=O)O)N(c3ccc4cncc(F)c4c3)N(C(=O)OC(C)(C)C)C(=O)OC(C)(C)C)ccc2OCC(F)F)ccc1S(=O)(=O)C(F)(F)F. The molecule has 0 aliphatic rings. The van der Waals surface area contributed by atoms with E-state index in [-0.39, 0.29) is 62.6 Å². The summed E-state index contributed by atoms with van der Waals surface area (Å²) >= 11 is 0. The Bertz CT molecular complexity index is 2430. The highest BCUT2D eigenvalue weighted by atomic mass is 32.2. The number of halogens is 6. The molecule has 15 nitrogen and oxygen atoms in total. The second-order valence-corrected chi connectivity index (χ2v) is 17.7. The lowest BCUT2D eigenvalue weighted by atomic mass is 9.99. The largest absolute Gasteiger partial charge is 0.501 e. The van der Waals surface area contributed by atoms with Crippen molar-refractivity contribution in [3.05, 3.63) is 89.5 Å². The number of alkyl halides is 5. The molecule has 1 unspecified atom stereocenters. The topological polar surface area (TPSA) is 194 Å². The van der Waals surface area contributed by atoms with Gasteiger partial charge >= 0.3 is 23.7 Å². The summed E-state index contributed by atoms with van der Waals surface area (Å²) in [5.41, 5.74) is -9.06. The minimum Gasteiger partial charge on any atom is -0.487 e. The van der Waals surface area contributed by atoms with E-state index < -0.39 is 86.8 Å². The number of carbonyl (C=O) groups excluding carboxylic acids is 3. The van der Waals surface area contributed by atoms with Crippen molar-refractivity contribution in [2.75, 3.05) is 24.0 Å². The third-order valence-electron chi connectivity index (χ3n) is 8.48. The second-order valence-electron chi connectivity index (χ2n) is 15.8. The van der Waals surface area contributed by atoms with Crippen molar-refractivity contribution < 1.29 is 73.3 Å². The van der Waals surface area contributed by atoms with Gasteiger partial charge in [-0.3, -0.25) is 14.8 Å². The maximum Gasteiger partial charge on any atom is 0.501 e. The molecular formula is C41H45F6N5O10S. The third-order valence-corrected chi connectivity index (χ3v) is 10.1. The highest BCUT2D eigenvalue weighted by Crippen LogP contribution is 2.37. The monoisotopic (exact) mass is 913 g/mol. The number of pyridine rings is 1. The van der Waals surface area contributed by atoms with E-state index >= 15 is 4.39 Å². The van der Waals surface area contributed by atoms with E-state index in [1.54, 1.807) is 0 Å². The average molecular weight is 914 g/mol. The van der Waals surface area contributed by atoms with E-state index in [0.717, 1.165) is 42.6 Å². The number of benzene rings is 3. The van der Waals surface area contributed by atoms with Gasteiger partial charge in [0.05, 0.1) is 16.8 Å². The van der Waals surface area contributed by atoms with E-state index in [9.17, 15) is 54.7 Å². The van der Waals surface area contributed by atoms with Gasteiger partial charge in [-0.15, -0.1) is 5.01 Å². The highest BCUT2D eigenvalue weighted by molar-refractivity contribution is 7.92. The zero-order chi connectivity index (χ0) is 47.2. The summed E-state index contributed by atoms with van der Waals surface area (Å²) in [7, 11) is -4.40. The Morgan fingerprint density at radius 2 is 1.49 bits per heavy atom. The van der Waals surface area contributed by atoms with Crippen LogP contribution in [0.1, 0.15) is 70.7 Å². The van der Waals surface area contributed by atoms with Crippen LogP contribution in [0.2, 0.25) is 0 Å². The van der Waals surface area contributed by atoms with Crippen LogP contribution in [0.5, 0.6) is 5.75 Å². The van der Waals surface area contributed by atoms with Crippen molar-refractivity contribution in [1.29, 1.82) is 0 Å². The van der Waals surface area contributed by atoms with Crippen LogP contribution >= 0.6 is 0 Å². The summed E-state index contributed by atoms with van der Waals surface area (Å²) in [4.78, 5) is 57.6. The van der Waals surface area contributed by atoms with E-state index in [4.69, 9.17) is 14.2 Å². The number of nitrogens with zero attached hydrogens (tertiary/aromatic N) is 3. The van der Waals surface area contributed by atoms with Crippen molar-refractivity contribution in [2.24, 2.45) is 0 Å². The number of aromatic nitrogens is 1. The maximum atomic E-state index is 15.2. The van der Waals surface area contributed by atoms with Gasteiger partial charge in [0.2, 0.25) is 5.91 Å². The first-order valence-corrected chi connectivity index (χ1v) is 20.4. The number of hydrogen-bond acceptors (Lipinski definition) is 12. The molecule has 0 aliphatic heterocycles. The molecule has 0 aliphatic carbocycles. The number of aryl methyl sites for hydroxylation is 1. The summed E-state index contributed by atoms with van der Waals surface area (Å²) in [5, 5.41) is 17.1. The van der Waals surface area contributed by atoms with Crippen molar-refractivity contribution in [3.63, 3.8) is 0 Å². The number of ether oxygens (including phenoxy) is 3. The molecule has 0 saturated heterocycles. The smallest absolute Gasteiger partial charge is 0.487 e. The Kier molecular flexibility index (Phi) is 15.3. The molecule has 4 aromatic rings. The Balaban J connectivity index is 1.85. The Labute approximate surface area is 358 Å². The van der Waals surface area contributed by atoms with Crippen LogP contribution in [0.4, 0.5) is 47.3 Å². The Morgan fingerprint density at radius 3 is 2.05 bits per heavy atom. The van der Waals surface area contributed by atoms with Crippen molar-refractivity contribution in [3.8, 4) is 5.75 Å². The molecule has 3 aromatic carbocycles. The third kappa shape index (κ3) is 12.7. The van der Waals surface area contributed by atoms with Crippen LogP contribution < -0.4 is 20.4 Å². The first-order chi connectivity index (χ1) is 29.1. The summed E-state index contributed by atoms with van der Waals surface area (Å²) in [5.74, 6) is -3.58. The van der Waals surface area contributed by atoms with E-state index in [1.807, 2.05) is 0 Å². The predicted octanol–water partition coefficient (Wildman–Crippen LogP) is 8.32. The van der Waals surface area contributed by atoms with E-state index in [2.05, 4.69) is 15.6 Å². The molecule has 0 fully saturated rings. The lowest BCUT2D eigenvalue weighted by Gasteiger charge is -2.39. The fraction of sp³-hybridized carbons (Fsp3) is 0.390. The molecule has 1 heterocycles. The number of aliphatic carboxylic acids is 1. The number of imide groups is 1. The van der Waals surface area contributed by atoms with Gasteiger partial charge in [0.15, 0.2) is 6.04 Å². The van der Waals surface area contributed by atoms with E-state index in [1.165, 1.54) is 66.9 Å². The number of hydrogen-bond donors (Lipinski definition) is 3. The Hall–Kier alpha value is -6.16. The molecule has 0 spiro atoms. The average Bonchev–Trinajstić information content (AvgIpc) is 3.14. The number of nitrogens with one attached hydrogen (secondary N) is 2. The minimum absolute atomic E-state index is 0.0336. The number of carboxylic acid groups (broad SMARTS) is 1. The van der Waals surface area contributed by atoms with Gasteiger partial charge in [-0.1, -0.05) is 12.1 Å². The first-order valence-electron chi connectivity index (χ1n) is 18.9.